The van der Waals surface area contributed by atoms with Crippen LogP contribution in [0.4, 0.5) is 5.82 Å². The van der Waals surface area contributed by atoms with Crippen LogP contribution in [0.3, 0.4) is 0 Å². The monoisotopic (exact) mass is 245 g/mol. The van der Waals surface area contributed by atoms with Gasteiger partial charge in [0.05, 0.1) is 19.0 Å². The third kappa shape index (κ3) is 1.57. The molecule has 0 radical (unpaired) electrons. The van der Waals surface area contributed by atoms with E-state index in [1.54, 1.807) is 6.33 Å². The third-order valence-electron chi connectivity index (χ3n) is 3.50. The van der Waals surface area contributed by atoms with Crippen molar-refractivity contribution in [2.45, 2.75) is 19.4 Å². The zero-order chi connectivity index (χ0) is 12.8. The van der Waals surface area contributed by atoms with Crippen molar-refractivity contribution in [1.29, 1.82) is 0 Å². The summed E-state index contributed by atoms with van der Waals surface area (Å²) < 4.78 is 1.98. The molecule has 0 saturated carbocycles. The minimum Gasteiger partial charge on any atom is -0.395 e. The maximum absolute atomic E-state index is 9.38. The lowest BCUT2D eigenvalue weighted by Crippen LogP contribution is -2.18. The summed E-state index contributed by atoms with van der Waals surface area (Å²) in [6.45, 7) is 2.18. The van der Waals surface area contributed by atoms with E-state index in [0.717, 1.165) is 12.1 Å². The maximum Gasteiger partial charge on any atom is 0.165 e. The zero-order valence-corrected chi connectivity index (χ0v) is 10.1. The van der Waals surface area contributed by atoms with Gasteiger partial charge in [-0.05, 0) is 6.42 Å². The first kappa shape index (κ1) is 11.2. The summed E-state index contributed by atoms with van der Waals surface area (Å²) in [5.74, 6) is 0.394. The van der Waals surface area contributed by atoms with Crippen LogP contribution in [0.5, 0.6) is 0 Å². The molecular weight excluding hydrogens is 230 g/mol. The Balaban J connectivity index is 2.02. The van der Waals surface area contributed by atoms with Gasteiger partial charge in [0.15, 0.2) is 11.5 Å². The van der Waals surface area contributed by atoms with Crippen molar-refractivity contribution in [2.75, 3.05) is 12.3 Å². The minimum atomic E-state index is -0.167. The predicted molar refractivity (Wildman–Crippen MR) is 67.7 cm³/mol. The Labute approximate surface area is 104 Å². The van der Waals surface area contributed by atoms with Crippen molar-refractivity contribution < 1.29 is 5.11 Å². The highest BCUT2D eigenvalue weighted by Crippen LogP contribution is 2.38. The summed E-state index contributed by atoms with van der Waals surface area (Å²) >= 11 is 0. The van der Waals surface area contributed by atoms with Gasteiger partial charge in [0, 0.05) is 5.41 Å². The van der Waals surface area contributed by atoms with Crippen molar-refractivity contribution in [3.05, 3.63) is 24.8 Å². The van der Waals surface area contributed by atoms with E-state index >= 15 is 0 Å². The molecule has 2 heterocycles. The topological polar surface area (TPSA) is 89.8 Å². The van der Waals surface area contributed by atoms with Gasteiger partial charge < -0.3 is 15.4 Å². The Bertz CT molecular complexity index is 620. The molecule has 0 spiro atoms. The molecule has 0 amide bonds. The number of hydrogen-bond donors (Lipinski definition) is 2. The number of anilines is 1. The van der Waals surface area contributed by atoms with E-state index in [-0.39, 0.29) is 18.1 Å². The van der Waals surface area contributed by atoms with Gasteiger partial charge in [0.2, 0.25) is 0 Å². The van der Waals surface area contributed by atoms with E-state index in [9.17, 15) is 5.11 Å². The highest BCUT2D eigenvalue weighted by Gasteiger charge is 2.31. The fourth-order valence-corrected chi connectivity index (χ4v) is 2.38. The second kappa shape index (κ2) is 3.78. The predicted octanol–water partition coefficient (Wildman–Crippen LogP) is 0.908. The molecule has 18 heavy (non-hydrogen) atoms. The SMILES string of the molecule is C[C@@]1(CO)C=C[C@H](n2cnc3c(N)ncnc32)C1. The molecule has 0 bridgehead atoms. The maximum atomic E-state index is 9.38. The number of nitrogen functional groups attached to an aromatic ring is 1. The number of imidazole rings is 1. The number of aliphatic hydroxyl groups excluding tert-OH is 1. The standard InChI is InChI=1S/C12H15N5O/c1-12(5-18)3-2-8(4-12)17-7-16-9-10(13)14-6-15-11(9)17/h2-3,6-8,18H,4-5H2,1H3,(H2,13,14,15)/t8-,12+/m0/s1. The van der Waals surface area contributed by atoms with Gasteiger partial charge in [-0.15, -0.1) is 0 Å². The highest BCUT2D eigenvalue weighted by atomic mass is 16.3. The quantitative estimate of drug-likeness (QED) is 0.767. The average Bonchev–Trinajstić information content (AvgIpc) is 2.94. The average molecular weight is 245 g/mol. The van der Waals surface area contributed by atoms with Crippen LogP contribution in [0, 0.1) is 5.41 Å². The molecule has 1 aliphatic carbocycles. The highest BCUT2D eigenvalue weighted by molar-refractivity contribution is 5.81. The van der Waals surface area contributed by atoms with Gasteiger partial charge in [-0.25, -0.2) is 15.0 Å². The molecule has 0 aromatic carbocycles. The zero-order valence-electron chi connectivity index (χ0n) is 10.1. The normalized spacial score (nSPS) is 27.1. The van der Waals surface area contributed by atoms with Crippen LogP contribution in [-0.4, -0.2) is 31.2 Å². The largest absolute Gasteiger partial charge is 0.395 e. The first-order valence-electron chi connectivity index (χ1n) is 5.86. The number of nitrogens with zero attached hydrogens (tertiary/aromatic N) is 4. The molecule has 6 heteroatoms. The molecule has 2 atom stereocenters. The van der Waals surface area contributed by atoms with E-state index in [1.165, 1.54) is 6.33 Å². The van der Waals surface area contributed by atoms with Crippen LogP contribution in [0.25, 0.3) is 11.2 Å². The lowest BCUT2D eigenvalue weighted by Gasteiger charge is -2.21. The van der Waals surface area contributed by atoms with E-state index in [4.69, 9.17) is 5.73 Å². The molecule has 0 unspecified atom stereocenters. The molecule has 2 aromatic rings. The Kier molecular flexibility index (Phi) is 2.34. The molecule has 0 fully saturated rings. The van der Waals surface area contributed by atoms with E-state index in [2.05, 4.69) is 21.0 Å². The van der Waals surface area contributed by atoms with Gasteiger partial charge in [0.25, 0.3) is 0 Å². The van der Waals surface area contributed by atoms with Gasteiger partial charge in [-0.3, -0.25) is 0 Å². The molecule has 94 valence electrons. The lowest BCUT2D eigenvalue weighted by molar-refractivity contribution is 0.175. The number of aromatic nitrogens is 4. The van der Waals surface area contributed by atoms with Crippen molar-refractivity contribution in [3.63, 3.8) is 0 Å². The Morgan fingerprint density at radius 2 is 2.33 bits per heavy atom. The second-order valence-electron chi connectivity index (χ2n) is 5.03. The van der Waals surface area contributed by atoms with Crippen molar-refractivity contribution in [3.8, 4) is 0 Å². The molecule has 0 saturated heterocycles. The van der Waals surface area contributed by atoms with Crippen molar-refractivity contribution >= 4 is 17.0 Å². The van der Waals surface area contributed by atoms with Crippen LogP contribution in [0.2, 0.25) is 0 Å². The number of aliphatic hydroxyl groups is 1. The molecule has 2 aromatic heterocycles. The molecule has 1 aliphatic rings. The summed E-state index contributed by atoms with van der Waals surface area (Å²) in [4.78, 5) is 12.4. The summed E-state index contributed by atoms with van der Waals surface area (Å²) in [6.07, 6.45) is 8.14. The first-order valence-corrected chi connectivity index (χ1v) is 5.86. The minimum absolute atomic E-state index is 0.143. The van der Waals surface area contributed by atoms with E-state index in [1.807, 2.05) is 17.6 Å². The second-order valence-corrected chi connectivity index (χ2v) is 5.03. The molecule has 3 N–H and O–H groups in total. The summed E-state index contributed by atoms with van der Waals surface area (Å²) in [5, 5.41) is 9.38. The summed E-state index contributed by atoms with van der Waals surface area (Å²) in [7, 11) is 0. The lowest BCUT2D eigenvalue weighted by atomic mass is 9.91. The molecule has 6 nitrogen and oxygen atoms in total. The molecular formula is C12H15N5O. The van der Waals surface area contributed by atoms with Crippen LogP contribution < -0.4 is 5.73 Å². The number of nitrogens with two attached hydrogens (primary N) is 1. The van der Waals surface area contributed by atoms with Gasteiger partial charge >= 0.3 is 0 Å². The van der Waals surface area contributed by atoms with Crippen LogP contribution in [-0.2, 0) is 0 Å². The first-order chi connectivity index (χ1) is 8.63. The number of hydrogen-bond acceptors (Lipinski definition) is 5. The van der Waals surface area contributed by atoms with Crippen molar-refractivity contribution in [1.82, 2.24) is 19.5 Å². The van der Waals surface area contributed by atoms with Crippen LogP contribution in [0.1, 0.15) is 19.4 Å². The van der Waals surface area contributed by atoms with Crippen LogP contribution >= 0.6 is 0 Å². The number of fused-ring (bicyclic) bond motifs is 1. The fraction of sp³-hybridized carbons (Fsp3) is 0.417. The Hall–Kier alpha value is -1.95. The molecule has 3 rings (SSSR count). The Morgan fingerprint density at radius 1 is 1.50 bits per heavy atom. The fourth-order valence-electron chi connectivity index (χ4n) is 2.38. The molecule has 0 aliphatic heterocycles. The summed E-state index contributed by atoms with van der Waals surface area (Å²) in [6, 6.07) is 0.154. The van der Waals surface area contributed by atoms with Gasteiger partial charge in [-0.2, -0.15) is 0 Å². The summed E-state index contributed by atoms with van der Waals surface area (Å²) in [5.41, 5.74) is 6.96. The number of allylic oxidation sites excluding steroid dienone is 1. The van der Waals surface area contributed by atoms with Crippen molar-refractivity contribution in [2.24, 2.45) is 5.41 Å². The van der Waals surface area contributed by atoms with Gasteiger partial charge in [-0.1, -0.05) is 19.1 Å². The van der Waals surface area contributed by atoms with E-state index in [0.29, 0.717) is 11.3 Å². The van der Waals surface area contributed by atoms with Gasteiger partial charge in [0.1, 0.15) is 11.8 Å². The van der Waals surface area contributed by atoms with E-state index < -0.39 is 0 Å². The van der Waals surface area contributed by atoms with Crippen LogP contribution in [0.15, 0.2) is 24.8 Å². The Morgan fingerprint density at radius 3 is 3.06 bits per heavy atom. The smallest absolute Gasteiger partial charge is 0.165 e. The number of rotatable bonds is 2. The third-order valence-corrected chi connectivity index (χ3v) is 3.50.